The van der Waals surface area contributed by atoms with Crippen molar-refractivity contribution in [1.82, 2.24) is 10.2 Å². The lowest BCUT2D eigenvalue weighted by Crippen LogP contribution is -2.43. The minimum atomic E-state index is 1.14. The number of aryl methyl sites for hydroxylation is 3. The van der Waals surface area contributed by atoms with Crippen LogP contribution < -0.4 is 5.32 Å². The third kappa shape index (κ3) is 4.74. The van der Waals surface area contributed by atoms with Gasteiger partial charge in [0.1, 0.15) is 0 Å². The second kappa shape index (κ2) is 8.19. The zero-order valence-electron chi connectivity index (χ0n) is 14.6. The molecule has 0 spiro atoms. The van der Waals surface area contributed by atoms with Gasteiger partial charge in [-0.15, -0.1) is 0 Å². The zero-order chi connectivity index (χ0) is 15.9. The van der Waals surface area contributed by atoms with Crippen LogP contribution in [-0.4, -0.2) is 31.1 Å². The van der Waals surface area contributed by atoms with Crippen LogP contribution in [0.15, 0.2) is 41.6 Å². The minimum Gasteiger partial charge on any atom is -0.372 e. The summed E-state index contributed by atoms with van der Waals surface area (Å²) in [5, 5.41) is 3.39. The Morgan fingerprint density at radius 2 is 1.68 bits per heavy atom. The van der Waals surface area contributed by atoms with Gasteiger partial charge in [-0.05, 0) is 57.2 Å². The molecular weight excluding hydrogens is 268 g/mol. The molecule has 22 heavy (non-hydrogen) atoms. The van der Waals surface area contributed by atoms with Crippen LogP contribution in [0.1, 0.15) is 36.5 Å². The van der Waals surface area contributed by atoms with E-state index in [1.807, 2.05) is 0 Å². The van der Waals surface area contributed by atoms with Gasteiger partial charge in [-0.1, -0.05) is 35.9 Å². The van der Waals surface area contributed by atoms with Crippen molar-refractivity contribution in [3.8, 4) is 0 Å². The van der Waals surface area contributed by atoms with Crippen LogP contribution in [-0.2, 0) is 0 Å². The van der Waals surface area contributed by atoms with Crippen molar-refractivity contribution in [2.45, 2.75) is 40.5 Å². The summed E-state index contributed by atoms with van der Waals surface area (Å²) in [6, 6.07) is 6.50. The molecule has 0 atom stereocenters. The first kappa shape index (κ1) is 16.8. The summed E-state index contributed by atoms with van der Waals surface area (Å²) in [7, 11) is 0. The van der Waals surface area contributed by atoms with Gasteiger partial charge in [-0.25, -0.2) is 0 Å². The molecule has 0 aromatic heterocycles. The highest BCUT2D eigenvalue weighted by Crippen LogP contribution is 2.22. The van der Waals surface area contributed by atoms with Crippen molar-refractivity contribution in [2.24, 2.45) is 0 Å². The van der Waals surface area contributed by atoms with E-state index < -0.39 is 0 Å². The number of benzene rings is 1. The number of nitrogens with one attached hydrogen (secondary N) is 1. The summed E-state index contributed by atoms with van der Waals surface area (Å²) in [6.07, 6.45) is 7.00. The Morgan fingerprint density at radius 1 is 0.955 bits per heavy atom. The Morgan fingerprint density at radius 3 is 2.27 bits per heavy atom. The summed E-state index contributed by atoms with van der Waals surface area (Å²) < 4.78 is 0. The SMILES string of the molecule is CC1=C(N2CCNCC2)CCC=C1.Cc1ccc(C)c(C)c1. The van der Waals surface area contributed by atoms with Gasteiger partial charge in [0.2, 0.25) is 0 Å². The molecule has 1 aromatic carbocycles. The fourth-order valence-corrected chi connectivity index (χ4v) is 3.01. The summed E-state index contributed by atoms with van der Waals surface area (Å²) in [5.74, 6) is 0. The maximum atomic E-state index is 3.39. The second-order valence-electron chi connectivity index (χ2n) is 6.40. The number of hydrogen-bond donors (Lipinski definition) is 1. The van der Waals surface area contributed by atoms with Gasteiger partial charge in [0.25, 0.3) is 0 Å². The zero-order valence-corrected chi connectivity index (χ0v) is 14.6. The van der Waals surface area contributed by atoms with E-state index in [0.29, 0.717) is 0 Å². The first-order valence-corrected chi connectivity index (χ1v) is 8.44. The van der Waals surface area contributed by atoms with E-state index in [1.165, 1.54) is 48.2 Å². The Labute approximate surface area is 135 Å². The van der Waals surface area contributed by atoms with E-state index in [0.717, 1.165) is 13.1 Å². The maximum Gasteiger partial charge on any atom is 0.0300 e. The molecule has 1 fully saturated rings. The Balaban J connectivity index is 0.000000172. The molecule has 2 heteroatoms. The van der Waals surface area contributed by atoms with Crippen LogP contribution in [0.25, 0.3) is 0 Å². The standard InChI is InChI=1S/C11H18N2.C9H12/c1-10-4-2-3-5-11(10)13-8-6-12-7-9-13;1-7-4-5-8(2)9(3)6-7/h2,4,12H,3,5-9H2,1H3;4-6H,1-3H3. The predicted molar refractivity (Wildman–Crippen MR) is 96.2 cm³/mol. The molecule has 3 rings (SSSR count). The van der Waals surface area contributed by atoms with Crippen molar-refractivity contribution in [3.05, 3.63) is 58.3 Å². The second-order valence-corrected chi connectivity index (χ2v) is 6.40. The fourth-order valence-electron chi connectivity index (χ4n) is 3.01. The van der Waals surface area contributed by atoms with Gasteiger partial charge in [0, 0.05) is 31.9 Å². The molecule has 2 aliphatic rings. The van der Waals surface area contributed by atoms with Crippen LogP contribution in [0.3, 0.4) is 0 Å². The van der Waals surface area contributed by atoms with Gasteiger partial charge in [0.05, 0.1) is 0 Å². The van der Waals surface area contributed by atoms with Crippen molar-refractivity contribution in [1.29, 1.82) is 0 Å². The van der Waals surface area contributed by atoms with Crippen LogP contribution in [0, 0.1) is 20.8 Å². The van der Waals surface area contributed by atoms with Crippen LogP contribution >= 0.6 is 0 Å². The first-order chi connectivity index (χ1) is 10.6. The van der Waals surface area contributed by atoms with Crippen molar-refractivity contribution >= 4 is 0 Å². The fraction of sp³-hybridized carbons (Fsp3) is 0.500. The molecule has 1 aromatic rings. The van der Waals surface area contributed by atoms with Crippen LogP contribution in [0.4, 0.5) is 0 Å². The van der Waals surface area contributed by atoms with Gasteiger partial charge in [-0.3, -0.25) is 0 Å². The Hall–Kier alpha value is -1.54. The number of nitrogens with zero attached hydrogens (tertiary/aromatic N) is 1. The summed E-state index contributed by atoms with van der Waals surface area (Å²) in [4.78, 5) is 2.54. The smallest absolute Gasteiger partial charge is 0.0300 e. The maximum absolute atomic E-state index is 3.39. The van der Waals surface area contributed by atoms with E-state index >= 15 is 0 Å². The Bertz CT molecular complexity index is 549. The van der Waals surface area contributed by atoms with Crippen molar-refractivity contribution in [2.75, 3.05) is 26.2 Å². The summed E-state index contributed by atoms with van der Waals surface area (Å²) in [6.45, 7) is 13.3. The van der Waals surface area contributed by atoms with Crippen LogP contribution in [0.2, 0.25) is 0 Å². The highest BCUT2D eigenvalue weighted by Gasteiger charge is 2.15. The quantitative estimate of drug-likeness (QED) is 0.838. The highest BCUT2D eigenvalue weighted by molar-refractivity contribution is 5.29. The molecule has 1 N–H and O–H groups in total. The largest absolute Gasteiger partial charge is 0.372 e. The third-order valence-corrected chi connectivity index (χ3v) is 4.53. The average molecular weight is 298 g/mol. The number of piperazine rings is 1. The molecule has 1 heterocycles. The summed E-state index contributed by atoms with van der Waals surface area (Å²) >= 11 is 0. The lowest BCUT2D eigenvalue weighted by atomic mass is 10.0. The lowest BCUT2D eigenvalue weighted by Gasteiger charge is -2.33. The Kier molecular flexibility index (Phi) is 6.26. The molecule has 1 aliphatic heterocycles. The molecule has 120 valence electrons. The topological polar surface area (TPSA) is 15.3 Å². The number of allylic oxidation sites excluding steroid dienone is 4. The predicted octanol–water partition coefficient (Wildman–Crippen LogP) is 4.13. The van der Waals surface area contributed by atoms with Crippen molar-refractivity contribution < 1.29 is 0 Å². The average Bonchev–Trinajstić information content (AvgIpc) is 2.53. The number of hydrogen-bond acceptors (Lipinski definition) is 2. The van der Waals surface area contributed by atoms with Crippen molar-refractivity contribution in [3.63, 3.8) is 0 Å². The lowest BCUT2D eigenvalue weighted by molar-refractivity contribution is 0.287. The summed E-state index contributed by atoms with van der Waals surface area (Å²) in [5.41, 5.74) is 7.14. The molecule has 0 bridgehead atoms. The minimum absolute atomic E-state index is 1.14. The molecule has 1 saturated heterocycles. The van der Waals surface area contributed by atoms with E-state index in [-0.39, 0.29) is 0 Å². The molecule has 0 unspecified atom stereocenters. The highest BCUT2D eigenvalue weighted by atomic mass is 15.2. The van der Waals surface area contributed by atoms with E-state index in [2.05, 4.69) is 68.3 Å². The van der Waals surface area contributed by atoms with Gasteiger partial charge in [0.15, 0.2) is 0 Å². The van der Waals surface area contributed by atoms with E-state index in [1.54, 1.807) is 5.70 Å². The molecule has 1 aliphatic carbocycles. The molecule has 2 nitrogen and oxygen atoms in total. The van der Waals surface area contributed by atoms with Crippen LogP contribution in [0.5, 0.6) is 0 Å². The monoisotopic (exact) mass is 298 g/mol. The van der Waals surface area contributed by atoms with E-state index in [4.69, 9.17) is 0 Å². The van der Waals surface area contributed by atoms with Gasteiger partial charge < -0.3 is 10.2 Å². The third-order valence-electron chi connectivity index (χ3n) is 4.53. The molecular formula is C20H30N2. The molecule has 0 amide bonds. The normalized spacial score (nSPS) is 18.1. The molecule has 0 saturated carbocycles. The van der Waals surface area contributed by atoms with E-state index in [9.17, 15) is 0 Å². The van der Waals surface area contributed by atoms with Gasteiger partial charge in [-0.2, -0.15) is 0 Å². The van der Waals surface area contributed by atoms with Gasteiger partial charge >= 0.3 is 0 Å². The molecule has 0 radical (unpaired) electrons. The number of rotatable bonds is 1. The first-order valence-electron chi connectivity index (χ1n) is 8.44.